The van der Waals surface area contributed by atoms with E-state index >= 15 is 0 Å². The summed E-state index contributed by atoms with van der Waals surface area (Å²) in [6.07, 6.45) is 40.9. The van der Waals surface area contributed by atoms with Gasteiger partial charge in [0.05, 0.1) is 0 Å². The highest BCUT2D eigenvalue weighted by molar-refractivity contribution is 5.71. The summed E-state index contributed by atoms with van der Waals surface area (Å²) >= 11 is 0. The smallest absolute Gasteiger partial charge is 0.306 e. The molecule has 0 aliphatic rings. The van der Waals surface area contributed by atoms with Crippen molar-refractivity contribution in [1.29, 1.82) is 0 Å². The molecular formula is C49H94O6. The highest BCUT2D eigenvalue weighted by atomic mass is 16.6. The van der Waals surface area contributed by atoms with Crippen molar-refractivity contribution in [3.05, 3.63) is 0 Å². The van der Waals surface area contributed by atoms with Gasteiger partial charge in [-0.25, -0.2) is 0 Å². The van der Waals surface area contributed by atoms with Gasteiger partial charge in [-0.1, -0.05) is 227 Å². The van der Waals surface area contributed by atoms with Crippen LogP contribution in [0.25, 0.3) is 0 Å². The molecule has 0 rings (SSSR count). The molecule has 0 bridgehead atoms. The van der Waals surface area contributed by atoms with E-state index in [2.05, 4.69) is 34.6 Å². The third-order valence-corrected chi connectivity index (χ3v) is 11.3. The summed E-state index contributed by atoms with van der Waals surface area (Å²) in [5.74, 6) is 0.749. The van der Waals surface area contributed by atoms with Gasteiger partial charge < -0.3 is 14.2 Å². The molecule has 0 fully saturated rings. The van der Waals surface area contributed by atoms with Crippen LogP contribution in [0, 0.1) is 11.8 Å². The molecule has 0 N–H and O–H groups in total. The first-order valence-corrected chi connectivity index (χ1v) is 24.3. The van der Waals surface area contributed by atoms with E-state index in [-0.39, 0.29) is 31.1 Å². The molecule has 0 heterocycles. The second-order valence-corrected chi connectivity index (χ2v) is 17.5. The highest BCUT2D eigenvalue weighted by Gasteiger charge is 2.19. The normalized spacial score (nSPS) is 12.5. The molecule has 326 valence electrons. The predicted octanol–water partition coefficient (Wildman–Crippen LogP) is 15.4. The highest BCUT2D eigenvalue weighted by Crippen LogP contribution is 2.17. The molecule has 55 heavy (non-hydrogen) atoms. The zero-order chi connectivity index (χ0) is 40.5. The molecule has 0 aromatic carbocycles. The first-order chi connectivity index (χ1) is 26.8. The first-order valence-electron chi connectivity index (χ1n) is 24.3. The largest absolute Gasteiger partial charge is 0.462 e. The first kappa shape index (κ1) is 53.4. The van der Waals surface area contributed by atoms with Gasteiger partial charge in [-0.2, -0.15) is 0 Å². The maximum absolute atomic E-state index is 12.7. The quantitative estimate of drug-likeness (QED) is 0.0348. The Balaban J connectivity index is 4.29. The van der Waals surface area contributed by atoms with Crippen LogP contribution < -0.4 is 0 Å². The molecule has 1 unspecified atom stereocenters. The second-order valence-electron chi connectivity index (χ2n) is 17.5. The van der Waals surface area contributed by atoms with Crippen LogP contribution in [-0.4, -0.2) is 37.2 Å². The molecule has 0 aliphatic carbocycles. The van der Waals surface area contributed by atoms with Gasteiger partial charge in [0.2, 0.25) is 0 Å². The van der Waals surface area contributed by atoms with Crippen molar-refractivity contribution in [3.63, 3.8) is 0 Å². The molecular weight excluding hydrogens is 685 g/mol. The molecule has 0 saturated heterocycles. The van der Waals surface area contributed by atoms with Gasteiger partial charge in [0.15, 0.2) is 6.10 Å². The summed E-state index contributed by atoms with van der Waals surface area (Å²) in [6, 6.07) is 0. The minimum absolute atomic E-state index is 0.0653. The van der Waals surface area contributed by atoms with Crippen molar-refractivity contribution < 1.29 is 28.6 Å². The lowest BCUT2D eigenvalue weighted by Gasteiger charge is -2.18. The number of esters is 3. The van der Waals surface area contributed by atoms with Gasteiger partial charge in [0.1, 0.15) is 13.2 Å². The molecule has 0 amide bonds. The minimum Gasteiger partial charge on any atom is -0.462 e. The molecule has 2 atom stereocenters. The summed E-state index contributed by atoms with van der Waals surface area (Å²) in [6.45, 7) is 11.3. The molecule has 0 aliphatic heterocycles. The fraction of sp³-hybridized carbons (Fsp3) is 0.939. The van der Waals surface area contributed by atoms with Crippen molar-refractivity contribution in [1.82, 2.24) is 0 Å². The lowest BCUT2D eigenvalue weighted by Crippen LogP contribution is -2.30. The van der Waals surface area contributed by atoms with Gasteiger partial charge in [-0.3, -0.25) is 14.4 Å². The summed E-state index contributed by atoms with van der Waals surface area (Å²) in [5, 5.41) is 0. The van der Waals surface area contributed by atoms with Gasteiger partial charge in [-0.05, 0) is 31.1 Å². The lowest BCUT2D eigenvalue weighted by molar-refractivity contribution is -0.167. The Kier molecular flexibility index (Phi) is 40.8. The van der Waals surface area contributed by atoms with Gasteiger partial charge in [-0.15, -0.1) is 0 Å². The van der Waals surface area contributed by atoms with Crippen molar-refractivity contribution >= 4 is 17.9 Å². The summed E-state index contributed by atoms with van der Waals surface area (Å²) < 4.78 is 16.7. The summed E-state index contributed by atoms with van der Waals surface area (Å²) in [5.41, 5.74) is 0. The predicted molar refractivity (Wildman–Crippen MR) is 233 cm³/mol. The van der Waals surface area contributed by atoms with E-state index in [1.807, 2.05) is 0 Å². The van der Waals surface area contributed by atoms with Crippen LogP contribution in [0.5, 0.6) is 0 Å². The minimum atomic E-state index is -0.762. The number of carbonyl (C=O) groups excluding carboxylic acids is 3. The Morgan fingerprint density at radius 3 is 1.04 bits per heavy atom. The fourth-order valence-corrected chi connectivity index (χ4v) is 7.25. The Hall–Kier alpha value is -1.59. The van der Waals surface area contributed by atoms with Crippen LogP contribution in [0.2, 0.25) is 0 Å². The van der Waals surface area contributed by atoms with E-state index in [9.17, 15) is 14.4 Å². The zero-order valence-corrected chi connectivity index (χ0v) is 37.6. The Bertz CT molecular complexity index is 841. The zero-order valence-electron chi connectivity index (χ0n) is 37.6. The molecule has 6 nitrogen and oxygen atoms in total. The SMILES string of the molecule is CCCCCCCCCCCCCCCCCCC(=O)OC[C@@H](COC(=O)CCCCCCCCC(C)CC)OC(=O)CCCCCCCCCCC(C)C. The van der Waals surface area contributed by atoms with E-state index in [4.69, 9.17) is 14.2 Å². The van der Waals surface area contributed by atoms with E-state index < -0.39 is 6.10 Å². The van der Waals surface area contributed by atoms with Crippen LogP contribution in [0.4, 0.5) is 0 Å². The molecule has 0 aromatic rings. The summed E-state index contributed by atoms with van der Waals surface area (Å²) in [4.78, 5) is 37.8. The molecule has 0 saturated carbocycles. The third kappa shape index (κ3) is 41.9. The van der Waals surface area contributed by atoms with Gasteiger partial charge >= 0.3 is 17.9 Å². The number of hydrogen-bond donors (Lipinski definition) is 0. The third-order valence-electron chi connectivity index (χ3n) is 11.3. The van der Waals surface area contributed by atoms with Crippen LogP contribution in [0.15, 0.2) is 0 Å². The number of hydrogen-bond acceptors (Lipinski definition) is 6. The fourth-order valence-electron chi connectivity index (χ4n) is 7.25. The number of unbranched alkanes of at least 4 members (excludes halogenated alkanes) is 27. The molecule has 0 spiro atoms. The maximum atomic E-state index is 12.7. The van der Waals surface area contributed by atoms with Crippen LogP contribution in [0.3, 0.4) is 0 Å². The number of rotatable bonds is 43. The average Bonchev–Trinajstić information content (AvgIpc) is 3.17. The number of ether oxygens (including phenoxy) is 3. The van der Waals surface area contributed by atoms with Crippen LogP contribution in [0.1, 0.15) is 266 Å². The van der Waals surface area contributed by atoms with E-state index in [0.29, 0.717) is 19.3 Å². The van der Waals surface area contributed by atoms with Crippen LogP contribution >= 0.6 is 0 Å². The summed E-state index contributed by atoms with van der Waals surface area (Å²) in [7, 11) is 0. The molecule has 0 aromatic heterocycles. The van der Waals surface area contributed by atoms with Gasteiger partial charge in [0.25, 0.3) is 0 Å². The monoisotopic (exact) mass is 779 g/mol. The van der Waals surface area contributed by atoms with Crippen molar-refractivity contribution in [2.75, 3.05) is 13.2 Å². The Labute approximate surface area is 342 Å². The topological polar surface area (TPSA) is 78.9 Å². The number of carbonyl (C=O) groups is 3. The van der Waals surface area contributed by atoms with Crippen molar-refractivity contribution in [3.8, 4) is 0 Å². The maximum Gasteiger partial charge on any atom is 0.306 e. The molecule has 0 radical (unpaired) electrons. The Morgan fingerprint density at radius 1 is 0.382 bits per heavy atom. The average molecular weight is 779 g/mol. The van der Waals surface area contributed by atoms with Gasteiger partial charge in [0, 0.05) is 19.3 Å². The lowest BCUT2D eigenvalue weighted by atomic mass is 10.00. The Morgan fingerprint density at radius 2 is 0.691 bits per heavy atom. The van der Waals surface area contributed by atoms with E-state index in [1.54, 1.807) is 0 Å². The second kappa shape index (κ2) is 42.0. The van der Waals surface area contributed by atoms with E-state index in [0.717, 1.165) is 69.6 Å². The standard InChI is InChI=1S/C49H94O6/c1-6-8-9-10-11-12-13-14-15-16-17-18-19-23-29-34-39-47(50)53-42-46(43-54-48(51)40-35-30-26-25-28-33-38-45(5)7-2)55-49(52)41-36-31-24-21-20-22-27-32-37-44(3)4/h44-46H,6-43H2,1-5H3/t45?,46-/m0/s1. The van der Waals surface area contributed by atoms with Crippen LogP contribution in [-0.2, 0) is 28.6 Å². The van der Waals surface area contributed by atoms with Crippen molar-refractivity contribution in [2.45, 2.75) is 272 Å². The van der Waals surface area contributed by atoms with Crippen molar-refractivity contribution in [2.24, 2.45) is 11.8 Å². The van der Waals surface area contributed by atoms with E-state index in [1.165, 1.54) is 154 Å². The molecule has 6 heteroatoms.